The maximum Gasteiger partial charge on any atom is 0.227 e. The first kappa shape index (κ1) is 15.7. The van der Waals surface area contributed by atoms with E-state index in [9.17, 15) is 4.79 Å². The predicted octanol–water partition coefficient (Wildman–Crippen LogP) is 0.888. The number of ether oxygens (including phenoxy) is 1. The Labute approximate surface area is 104 Å². The van der Waals surface area contributed by atoms with Gasteiger partial charge in [0.25, 0.3) is 0 Å². The van der Waals surface area contributed by atoms with Gasteiger partial charge in [-0.1, -0.05) is 13.8 Å². The zero-order valence-electron chi connectivity index (χ0n) is 10.4. The fraction of sp³-hybridized carbons (Fsp3) is 0.909. The summed E-state index contributed by atoms with van der Waals surface area (Å²) in [5.41, 5.74) is 5.64. The molecule has 0 aromatic rings. The van der Waals surface area contributed by atoms with Crippen molar-refractivity contribution in [2.24, 2.45) is 17.1 Å². The number of halogens is 1. The van der Waals surface area contributed by atoms with E-state index in [-0.39, 0.29) is 29.6 Å². The lowest BCUT2D eigenvalue weighted by atomic mass is 9.92. The van der Waals surface area contributed by atoms with E-state index in [1.54, 1.807) is 4.90 Å². The molecule has 0 spiro atoms. The molecule has 1 amide bonds. The zero-order chi connectivity index (χ0) is 11.5. The molecule has 1 aliphatic heterocycles. The molecule has 1 aliphatic rings. The Hall–Kier alpha value is -0.320. The fourth-order valence-corrected chi connectivity index (χ4v) is 1.83. The van der Waals surface area contributed by atoms with Crippen molar-refractivity contribution in [2.75, 3.05) is 33.4 Å². The van der Waals surface area contributed by atoms with Crippen molar-refractivity contribution in [3.05, 3.63) is 0 Å². The van der Waals surface area contributed by atoms with E-state index in [2.05, 4.69) is 13.8 Å². The molecule has 0 aromatic heterocycles. The molecule has 1 atom stereocenters. The van der Waals surface area contributed by atoms with Crippen LogP contribution < -0.4 is 5.73 Å². The highest BCUT2D eigenvalue weighted by molar-refractivity contribution is 5.85. The Morgan fingerprint density at radius 2 is 2.19 bits per heavy atom. The lowest BCUT2D eigenvalue weighted by molar-refractivity contribution is -0.135. The van der Waals surface area contributed by atoms with E-state index in [0.29, 0.717) is 26.3 Å². The van der Waals surface area contributed by atoms with E-state index < -0.39 is 0 Å². The van der Waals surface area contributed by atoms with Gasteiger partial charge in [-0.05, 0) is 18.4 Å². The summed E-state index contributed by atoms with van der Waals surface area (Å²) in [5.74, 6) is 0.248. The number of amides is 1. The third kappa shape index (κ3) is 4.28. The van der Waals surface area contributed by atoms with Crippen molar-refractivity contribution in [1.29, 1.82) is 0 Å². The van der Waals surface area contributed by atoms with Crippen LogP contribution in [0, 0.1) is 11.3 Å². The van der Waals surface area contributed by atoms with Crippen LogP contribution in [0.1, 0.15) is 20.3 Å². The quantitative estimate of drug-likeness (QED) is 0.806. The molecule has 16 heavy (non-hydrogen) atoms. The van der Waals surface area contributed by atoms with Gasteiger partial charge in [-0.15, -0.1) is 12.4 Å². The van der Waals surface area contributed by atoms with Crippen LogP contribution in [0.2, 0.25) is 0 Å². The largest absolute Gasteiger partial charge is 0.381 e. The molecular formula is C11H23ClN2O2. The summed E-state index contributed by atoms with van der Waals surface area (Å²) in [4.78, 5) is 13.7. The predicted molar refractivity (Wildman–Crippen MR) is 66.6 cm³/mol. The Bertz CT molecular complexity index is 228. The smallest absolute Gasteiger partial charge is 0.227 e. The Morgan fingerprint density at radius 3 is 2.62 bits per heavy atom. The van der Waals surface area contributed by atoms with Crippen LogP contribution in [0.5, 0.6) is 0 Å². The zero-order valence-corrected chi connectivity index (χ0v) is 11.2. The Balaban J connectivity index is 0.00000225. The molecule has 0 aliphatic carbocycles. The second-order valence-corrected chi connectivity index (χ2v) is 5.12. The van der Waals surface area contributed by atoms with Crippen LogP contribution in [0.15, 0.2) is 0 Å². The van der Waals surface area contributed by atoms with Gasteiger partial charge in [-0.2, -0.15) is 0 Å². The standard InChI is InChI=1S/C11H22N2O2.ClH/c1-11(2,7-12)8-13(3)10(14)9-4-5-15-6-9;/h9H,4-8,12H2,1-3H3;1H. The minimum Gasteiger partial charge on any atom is -0.381 e. The van der Waals surface area contributed by atoms with Gasteiger partial charge in [0.15, 0.2) is 0 Å². The monoisotopic (exact) mass is 250 g/mol. The second-order valence-electron chi connectivity index (χ2n) is 5.12. The number of nitrogens with two attached hydrogens (primary N) is 1. The molecule has 0 radical (unpaired) electrons. The highest BCUT2D eigenvalue weighted by Gasteiger charge is 2.28. The van der Waals surface area contributed by atoms with Crippen molar-refractivity contribution in [1.82, 2.24) is 4.90 Å². The maximum absolute atomic E-state index is 11.9. The third-order valence-electron chi connectivity index (χ3n) is 2.87. The summed E-state index contributed by atoms with van der Waals surface area (Å²) in [6.07, 6.45) is 0.853. The lowest BCUT2D eigenvalue weighted by Crippen LogP contribution is -2.42. The number of hydrogen-bond donors (Lipinski definition) is 1. The molecule has 5 heteroatoms. The lowest BCUT2D eigenvalue weighted by Gasteiger charge is -2.30. The molecule has 4 nitrogen and oxygen atoms in total. The summed E-state index contributed by atoms with van der Waals surface area (Å²) >= 11 is 0. The molecule has 1 rings (SSSR count). The van der Waals surface area contributed by atoms with Gasteiger partial charge in [0.1, 0.15) is 0 Å². The van der Waals surface area contributed by atoms with E-state index >= 15 is 0 Å². The highest BCUT2D eigenvalue weighted by atomic mass is 35.5. The molecule has 96 valence electrons. The molecular weight excluding hydrogens is 228 g/mol. The topological polar surface area (TPSA) is 55.6 Å². The second kappa shape index (κ2) is 6.42. The van der Waals surface area contributed by atoms with Gasteiger partial charge < -0.3 is 15.4 Å². The average Bonchev–Trinajstić information content (AvgIpc) is 2.68. The van der Waals surface area contributed by atoms with Gasteiger partial charge in [-0.25, -0.2) is 0 Å². The van der Waals surface area contributed by atoms with Gasteiger partial charge in [0, 0.05) is 20.2 Å². The van der Waals surface area contributed by atoms with Crippen LogP contribution in [-0.4, -0.2) is 44.2 Å². The summed E-state index contributed by atoms with van der Waals surface area (Å²) < 4.78 is 5.21. The number of carbonyl (C=O) groups excluding carboxylic acids is 1. The van der Waals surface area contributed by atoms with E-state index in [4.69, 9.17) is 10.5 Å². The minimum absolute atomic E-state index is 0. The van der Waals surface area contributed by atoms with Crippen molar-refractivity contribution < 1.29 is 9.53 Å². The molecule has 0 saturated carbocycles. The number of carbonyl (C=O) groups is 1. The van der Waals surface area contributed by atoms with Crippen molar-refractivity contribution in [3.8, 4) is 0 Å². The first-order valence-electron chi connectivity index (χ1n) is 5.49. The van der Waals surface area contributed by atoms with Crippen molar-refractivity contribution in [2.45, 2.75) is 20.3 Å². The van der Waals surface area contributed by atoms with Crippen molar-refractivity contribution >= 4 is 18.3 Å². The summed E-state index contributed by atoms with van der Waals surface area (Å²) in [5, 5.41) is 0. The van der Waals surface area contributed by atoms with E-state index in [1.807, 2.05) is 7.05 Å². The van der Waals surface area contributed by atoms with E-state index in [0.717, 1.165) is 6.42 Å². The third-order valence-corrected chi connectivity index (χ3v) is 2.87. The molecule has 1 saturated heterocycles. The van der Waals surface area contributed by atoms with Crippen molar-refractivity contribution in [3.63, 3.8) is 0 Å². The first-order chi connectivity index (χ1) is 6.96. The average molecular weight is 251 g/mol. The van der Waals surface area contributed by atoms with Crippen LogP contribution >= 0.6 is 12.4 Å². The van der Waals surface area contributed by atoms with Crippen LogP contribution in [-0.2, 0) is 9.53 Å². The van der Waals surface area contributed by atoms with Crippen LogP contribution in [0.25, 0.3) is 0 Å². The molecule has 1 unspecified atom stereocenters. The van der Waals surface area contributed by atoms with Gasteiger partial charge in [-0.3, -0.25) is 4.79 Å². The summed E-state index contributed by atoms with van der Waals surface area (Å²) in [6, 6.07) is 0. The van der Waals surface area contributed by atoms with Crippen LogP contribution in [0.4, 0.5) is 0 Å². The molecule has 0 aromatic carbocycles. The summed E-state index contributed by atoms with van der Waals surface area (Å²) in [7, 11) is 1.85. The van der Waals surface area contributed by atoms with Crippen LogP contribution in [0.3, 0.4) is 0 Å². The normalized spacial score (nSPS) is 20.4. The Kier molecular flexibility index (Phi) is 6.30. The fourth-order valence-electron chi connectivity index (χ4n) is 1.83. The SMILES string of the molecule is CN(CC(C)(C)CN)C(=O)C1CCOC1.Cl. The molecule has 0 bridgehead atoms. The Morgan fingerprint density at radius 1 is 1.56 bits per heavy atom. The summed E-state index contributed by atoms with van der Waals surface area (Å²) in [6.45, 7) is 6.73. The van der Waals surface area contributed by atoms with Gasteiger partial charge >= 0.3 is 0 Å². The number of rotatable bonds is 4. The molecule has 2 N–H and O–H groups in total. The molecule has 1 fully saturated rings. The number of nitrogens with zero attached hydrogens (tertiary/aromatic N) is 1. The van der Waals surface area contributed by atoms with Gasteiger partial charge in [0.2, 0.25) is 5.91 Å². The highest BCUT2D eigenvalue weighted by Crippen LogP contribution is 2.19. The number of hydrogen-bond acceptors (Lipinski definition) is 3. The van der Waals surface area contributed by atoms with Gasteiger partial charge in [0.05, 0.1) is 12.5 Å². The van der Waals surface area contributed by atoms with E-state index in [1.165, 1.54) is 0 Å². The first-order valence-corrected chi connectivity index (χ1v) is 5.49. The minimum atomic E-state index is -0.0100. The molecule has 1 heterocycles. The maximum atomic E-state index is 11.9.